The fraction of sp³-hybridized carbons (Fsp3) is 0.647. The Labute approximate surface area is 118 Å². The molecule has 0 heterocycles. The second-order valence-corrected chi connectivity index (χ2v) is 5.60. The normalized spacial score (nSPS) is 21.8. The van der Waals surface area contributed by atoms with Gasteiger partial charge in [-0.3, -0.25) is 0 Å². The zero-order chi connectivity index (χ0) is 13.5. The highest BCUT2D eigenvalue weighted by atomic mass is 15.1. The van der Waals surface area contributed by atoms with Gasteiger partial charge in [-0.2, -0.15) is 0 Å². The second-order valence-electron chi connectivity index (χ2n) is 5.60. The summed E-state index contributed by atoms with van der Waals surface area (Å²) in [4.78, 5) is 2.49. The molecule has 2 atom stereocenters. The molecular weight excluding hydrogens is 232 g/mol. The van der Waals surface area contributed by atoms with Crippen LogP contribution in [0.25, 0.3) is 0 Å². The Morgan fingerprint density at radius 3 is 2.58 bits per heavy atom. The first-order valence-electron chi connectivity index (χ1n) is 7.83. The molecule has 2 rings (SSSR count). The van der Waals surface area contributed by atoms with Gasteiger partial charge < -0.3 is 10.2 Å². The lowest BCUT2D eigenvalue weighted by atomic mass is 10.1. The molecule has 106 valence electrons. The maximum Gasteiger partial charge on any atom is -0.000687 e. The zero-order valence-corrected chi connectivity index (χ0v) is 12.4. The number of rotatable bonds is 9. The van der Waals surface area contributed by atoms with Gasteiger partial charge in [0.25, 0.3) is 0 Å². The Bertz CT molecular complexity index is 346. The minimum Gasteiger partial charge on any atom is -0.316 e. The predicted octanol–water partition coefficient (Wildman–Crippen LogP) is 3.11. The van der Waals surface area contributed by atoms with Crippen molar-refractivity contribution in [3.8, 4) is 0 Å². The van der Waals surface area contributed by atoms with Gasteiger partial charge in [-0.1, -0.05) is 44.2 Å². The maximum absolute atomic E-state index is 3.62. The Morgan fingerprint density at radius 2 is 1.89 bits per heavy atom. The molecule has 0 amide bonds. The summed E-state index contributed by atoms with van der Waals surface area (Å²) >= 11 is 0. The van der Waals surface area contributed by atoms with Crippen LogP contribution in [0.4, 0.5) is 0 Å². The first-order chi connectivity index (χ1) is 9.35. The number of benzene rings is 1. The van der Waals surface area contributed by atoms with Crippen LogP contribution in [0.2, 0.25) is 0 Å². The molecule has 19 heavy (non-hydrogen) atoms. The van der Waals surface area contributed by atoms with E-state index < -0.39 is 0 Å². The van der Waals surface area contributed by atoms with E-state index in [9.17, 15) is 0 Å². The fourth-order valence-corrected chi connectivity index (χ4v) is 2.84. The van der Waals surface area contributed by atoms with Crippen LogP contribution in [-0.2, 0) is 0 Å². The van der Waals surface area contributed by atoms with Crippen molar-refractivity contribution in [1.29, 1.82) is 0 Å². The van der Waals surface area contributed by atoms with Crippen LogP contribution in [0, 0.1) is 5.92 Å². The van der Waals surface area contributed by atoms with E-state index in [0.29, 0.717) is 0 Å². The second kappa shape index (κ2) is 7.66. The molecule has 0 aliphatic heterocycles. The van der Waals surface area contributed by atoms with Gasteiger partial charge in [0.1, 0.15) is 0 Å². The lowest BCUT2D eigenvalue weighted by Crippen LogP contribution is -2.27. The van der Waals surface area contributed by atoms with Crippen LogP contribution >= 0.6 is 0 Å². The van der Waals surface area contributed by atoms with Crippen molar-refractivity contribution in [3.05, 3.63) is 35.9 Å². The maximum atomic E-state index is 3.62. The van der Waals surface area contributed by atoms with Gasteiger partial charge in [-0.25, -0.2) is 0 Å². The van der Waals surface area contributed by atoms with Crippen molar-refractivity contribution in [2.75, 3.05) is 32.7 Å². The SMILES string of the molecule is CCN(CC)CCCNCC1CC1c1ccccc1. The highest BCUT2D eigenvalue weighted by molar-refractivity contribution is 5.25. The summed E-state index contributed by atoms with van der Waals surface area (Å²) in [5.41, 5.74) is 1.53. The predicted molar refractivity (Wildman–Crippen MR) is 82.6 cm³/mol. The molecule has 1 saturated carbocycles. The van der Waals surface area contributed by atoms with E-state index in [4.69, 9.17) is 0 Å². The molecule has 1 aromatic carbocycles. The summed E-state index contributed by atoms with van der Waals surface area (Å²) in [6.07, 6.45) is 2.64. The monoisotopic (exact) mass is 260 g/mol. The van der Waals surface area contributed by atoms with Gasteiger partial charge in [0.15, 0.2) is 0 Å². The van der Waals surface area contributed by atoms with Crippen LogP contribution in [0.3, 0.4) is 0 Å². The summed E-state index contributed by atoms with van der Waals surface area (Å²) in [6.45, 7) is 10.4. The topological polar surface area (TPSA) is 15.3 Å². The molecule has 2 heteroatoms. The number of nitrogens with one attached hydrogen (secondary N) is 1. The Balaban J connectivity index is 1.54. The summed E-state index contributed by atoms with van der Waals surface area (Å²) < 4.78 is 0. The van der Waals surface area contributed by atoms with Crippen LogP contribution in [0.15, 0.2) is 30.3 Å². The molecule has 1 fully saturated rings. The molecule has 2 nitrogen and oxygen atoms in total. The summed E-state index contributed by atoms with van der Waals surface area (Å²) in [5, 5.41) is 3.62. The lowest BCUT2D eigenvalue weighted by Gasteiger charge is -2.17. The third-order valence-corrected chi connectivity index (χ3v) is 4.28. The molecule has 0 radical (unpaired) electrons. The third kappa shape index (κ3) is 4.63. The minimum absolute atomic E-state index is 0.816. The van der Waals surface area contributed by atoms with Gasteiger partial charge in [-0.05, 0) is 63.0 Å². The van der Waals surface area contributed by atoms with Gasteiger partial charge in [-0.15, -0.1) is 0 Å². The average molecular weight is 260 g/mol. The van der Waals surface area contributed by atoms with Crippen molar-refractivity contribution in [2.24, 2.45) is 5.92 Å². The van der Waals surface area contributed by atoms with E-state index >= 15 is 0 Å². The van der Waals surface area contributed by atoms with Gasteiger partial charge in [0.05, 0.1) is 0 Å². The highest BCUT2D eigenvalue weighted by Crippen LogP contribution is 2.46. The van der Waals surface area contributed by atoms with Crippen molar-refractivity contribution >= 4 is 0 Å². The molecule has 1 aliphatic carbocycles. The van der Waals surface area contributed by atoms with Gasteiger partial charge in [0, 0.05) is 0 Å². The molecule has 0 bridgehead atoms. The summed E-state index contributed by atoms with van der Waals surface area (Å²) in [6, 6.07) is 11.0. The van der Waals surface area contributed by atoms with Crippen molar-refractivity contribution < 1.29 is 0 Å². The Morgan fingerprint density at radius 1 is 1.16 bits per heavy atom. The van der Waals surface area contributed by atoms with E-state index in [2.05, 4.69) is 54.4 Å². The standard InChI is InChI=1S/C17H28N2/c1-3-19(4-2)12-8-11-18-14-16-13-17(16)15-9-6-5-7-10-15/h5-7,9-10,16-18H,3-4,8,11-14H2,1-2H3. The van der Waals surface area contributed by atoms with Crippen LogP contribution in [0.5, 0.6) is 0 Å². The number of nitrogens with zero attached hydrogens (tertiary/aromatic N) is 1. The first-order valence-corrected chi connectivity index (χ1v) is 7.83. The van der Waals surface area contributed by atoms with Crippen LogP contribution in [-0.4, -0.2) is 37.6 Å². The minimum atomic E-state index is 0.816. The lowest BCUT2D eigenvalue weighted by molar-refractivity contribution is 0.298. The quantitative estimate of drug-likeness (QED) is 0.686. The molecule has 0 saturated heterocycles. The molecule has 0 aromatic heterocycles. The van der Waals surface area contributed by atoms with Gasteiger partial charge in [0.2, 0.25) is 0 Å². The Hall–Kier alpha value is -0.860. The average Bonchev–Trinajstić information content (AvgIpc) is 3.23. The Kier molecular flexibility index (Phi) is 5.87. The molecule has 1 aliphatic rings. The van der Waals surface area contributed by atoms with Crippen molar-refractivity contribution in [2.45, 2.75) is 32.6 Å². The molecular formula is C17H28N2. The highest BCUT2D eigenvalue weighted by Gasteiger charge is 2.37. The smallest absolute Gasteiger partial charge is 0.000687 e. The number of hydrogen-bond donors (Lipinski definition) is 1. The molecule has 2 unspecified atom stereocenters. The van der Waals surface area contributed by atoms with Crippen LogP contribution in [0.1, 0.15) is 38.2 Å². The largest absolute Gasteiger partial charge is 0.316 e. The van der Waals surface area contributed by atoms with Gasteiger partial charge >= 0.3 is 0 Å². The van der Waals surface area contributed by atoms with Crippen molar-refractivity contribution in [1.82, 2.24) is 10.2 Å². The van der Waals surface area contributed by atoms with E-state index in [1.807, 2.05) is 0 Å². The van der Waals surface area contributed by atoms with Crippen molar-refractivity contribution in [3.63, 3.8) is 0 Å². The third-order valence-electron chi connectivity index (χ3n) is 4.28. The van der Waals surface area contributed by atoms with E-state index in [0.717, 1.165) is 18.4 Å². The zero-order valence-electron chi connectivity index (χ0n) is 12.4. The fourth-order valence-electron chi connectivity index (χ4n) is 2.84. The van der Waals surface area contributed by atoms with E-state index in [-0.39, 0.29) is 0 Å². The molecule has 0 spiro atoms. The molecule has 1 N–H and O–H groups in total. The first kappa shape index (κ1) is 14.5. The van der Waals surface area contributed by atoms with Crippen LogP contribution < -0.4 is 5.32 Å². The molecule has 1 aromatic rings. The number of hydrogen-bond acceptors (Lipinski definition) is 2. The summed E-state index contributed by atoms with van der Waals surface area (Å²) in [5.74, 6) is 1.69. The van der Waals surface area contributed by atoms with E-state index in [1.54, 1.807) is 0 Å². The van der Waals surface area contributed by atoms with E-state index in [1.165, 1.54) is 44.6 Å². The summed E-state index contributed by atoms with van der Waals surface area (Å²) in [7, 11) is 0.